The highest BCUT2D eigenvalue weighted by atomic mass is 16.5. The molecular weight excluding hydrogens is 290 g/mol. The van der Waals surface area contributed by atoms with Crippen LogP contribution >= 0.6 is 0 Å². The molecule has 7 heteroatoms. The summed E-state index contributed by atoms with van der Waals surface area (Å²) in [6.07, 6.45) is 0.740. The first-order chi connectivity index (χ1) is 10.6. The molecule has 1 aliphatic rings. The van der Waals surface area contributed by atoms with Crippen molar-refractivity contribution in [2.24, 2.45) is 0 Å². The van der Waals surface area contributed by atoms with E-state index in [9.17, 15) is 14.7 Å². The molecule has 1 aliphatic heterocycles. The van der Waals surface area contributed by atoms with Gasteiger partial charge in [-0.2, -0.15) is 0 Å². The first-order valence-electron chi connectivity index (χ1n) is 6.96. The number of methoxy groups -OCH3 is 1. The van der Waals surface area contributed by atoms with Gasteiger partial charge in [-0.3, -0.25) is 4.79 Å². The highest BCUT2D eigenvalue weighted by Crippen LogP contribution is 2.28. The Morgan fingerprint density at radius 1 is 1.41 bits per heavy atom. The molecule has 0 aromatic heterocycles. The van der Waals surface area contributed by atoms with Gasteiger partial charge < -0.3 is 24.6 Å². The summed E-state index contributed by atoms with van der Waals surface area (Å²) in [7, 11) is 1.53. The van der Waals surface area contributed by atoms with Gasteiger partial charge >= 0.3 is 5.97 Å². The first kappa shape index (κ1) is 16.3. The van der Waals surface area contributed by atoms with Crippen molar-refractivity contribution in [1.82, 2.24) is 5.32 Å². The Hall–Kier alpha value is -2.12. The van der Waals surface area contributed by atoms with E-state index in [0.717, 1.165) is 17.7 Å². The van der Waals surface area contributed by atoms with Gasteiger partial charge in [0.2, 0.25) is 5.91 Å². The van der Waals surface area contributed by atoms with Crippen LogP contribution in [0.2, 0.25) is 0 Å². The zero-order chi connectivity index (χ0) is 15.9. The number of nitrogens with one attached hydrogen (secondary N) is 1. The topological polar surface area (TPSA) is 94.1 Å². The molecule has 1 unspecified atom stereocenters. The molecule has 120 valence electrons. The van der Waals surface area contributed by atoms with E-state index in [1.165, 1.54) is 7.11 Å². The van der Waals surface area contributed by atoms with E-state index in [4.69, 9.17) is 14.2 Å². The molecule has 22 heavy (non-hydrogen) atoms. The summed E-state index contributed by atoms with van der Waals surface area (Å²) in [6.45, 7) is 1.04. The van der Waals surface area contributed by atoms with Crippen molar-refractivity contribution in [2.75, 3.05) is 33.5 Å². The molecule has 1 aromatic rings. The normalized spacial score (nSPS) is 14.0. The van der Waals surface area contributed by atoms with Crippen LogP contribution < -0.4 is 10.1 Å². The van der Waals surface area contributed by atoms with E-state index < -0.39 is 17.9 Å². The van der Waals surface area contributed by atoms with Crippen molar-refractivity contribution in [1.29, 1.82) is 0 Å². The SMILES string of the molecule is COCCOCC(=O)NC(C(=O)O)c1ccc2c(c1)CCO2. The van der Waals surface area contributed by atoms with Gasteiger partial charge in [-0.15, -0.1) is 0 Å². The average Bonchev–Trinajstić information content (AvgIpc) is 2.96. The Bertz CT molecular complexity index is 545. The second-order valence-corrected chi connectivity index (χ2v) is 4.85. The smallest absolute Gasteiger partial charge is 0.330 e. The van der Waals surface area contributed by atoms with Crippen LogP contribution in [0.5, 0.6) is 5.75 Å². The molecule has 1 atom stereocenters. The highest BCUT2D eigenvalue weighted by molar-refractivity contribution is 5.85. The van der Waals surface area contributed by atoms with Crippen LogP contribution in [0, 0.1) is 0 Å². The number of carboxylic acids is 1. The zero-order valence-electron chi connectivity index (χ0n) is 12.3. The number of carbonyl (C=O) groups is 2. The third-order valence-electron chi connectivity index (χ3n) is 3.26. The molecular formula is C15H19NO6. The maximum absolute atomic E-state index is 11.8. The third-order valence-corrected chi connectivity index (χ3v) is 3.26. The number of amides is 1. The van der Waals surface area contributed by atoms with E-state index in [0.29, 0.717) is 18.8 Å². The number of aliphatic carboxylic acids is 1. The molecule has 2 N–H and O–H groups in total. The maximum atomic E-state index is 11.8. The number of ether oxygens (including phenoxy) is 3. The molecule has 7 nitrogen and oxygen atoms in total. The summed E-state index contributed by atoms with van der Waals surface area (Å²) in [5.41, 5.74) is 1.47. The lowest BCUT2D eigenvalue weighted by Crippen LogP contribution is -2.36. The van der Waals surface area contributed by atoms with E-state index in [1.807, 2.05) is 0 Å². The largest absolute Gasteiger partial charge is 0.493 e. The standard InChI is InChI=1S/C15H19NO6/c1-20-6-7-21-9-13(17)16-14(15(18)19)11-2-3-12-10(8-11)4-5-22-12/h2-3,8,14H,4-7,9H2,1H3,(H,16,17)(H,18,19). The number of hydrogen-bond acceptors (Lipinski definition) is 5. The van der Waals surface area contributed by atoms with Gasteiger partial charge in [-0.1, -0.05) is 6.07 Å². The molecule has 0 saturated heterocycles. The summed E-state index contributed by atoms with van der Waals surface area (Å²) in [5.74, 6) is -0.841. The summed E-state index contributed by atoms with van der Waals surface area (Å²) < 4.78 is 15.3. The van der Waals surface area contributed by atoms with Crippen molar-refractivity contribution in [2.45, 2.75) is 12.5 Å². The van der Waals surface area contributed by atoms with Crippen molar-refractivity contribution in [3.63, 3.8) is 0 Å². The monoisotopic (exact) mass is 309 g/mol. The van der Waals surface area contributed by atoms with Gasteiger partial charge in [0.1, 0.15) is 12.4 Å². The number of carboxylic acid groups (broad SMARTS) is 1. The summed E-state index contributed by atoms with van der Waals surface area (Å²) in [6, 6.07) is 4.03. The van der Waals surface area contributed by atoms with Gasteiger partial charge in [0, 0.05) is 13.5 Å². The first-order valence-corrected chi connectivity index (χ1v) is 6.96. The summed E-state index contributed by atoms with van der Waals surface area (Å²) >= 11 is 0. The molecule has 0 radical (unpaired) electrons. The number of rotatable bonds is 8. The highest BCUT2D eigenvalue weighted by Gasteiger charge is 2.24. The lowest BCUT2D eigenvalue weighted by atomic mass is 10.0. The number of benzene rings is 1. The molecule has 0 fully saturated rings. The van der Waals surface area contributed by atoms with Crippen LogP contribution in [0.15, 0.2) is 18.2 Å². The fourth-order valence-electron chi connectivity index (χ4n) is 2.18. The molecule has 1 amide bonds. The van der Waals surface area contributed by atoms with E-state index in [1.54, 1.807) is 18.2 Å². The fourth-order valence-corrected chi connectivity index (χ4v) is 2.18. The van der Waals surface area contributed by atoms with E-state index in [-0.39, 0.29) is 13.2 Å². The Kier molecular flexibility index (Phi) is 5.74. The Morgan fingerprint density at radius 2 is 2.23 bits per heavy atom. The van der Waals surface area contributed by atoms with E-state index >= 15 is 0 Å². The second-order valence-electron chi connectivity index (χ2n) is 4.85. The van der Waals surface area contributed by atoms with Crippen molar-refractivity contribution < 1.29 is 28.9 Å². The van der Waals surface area contributed by atoms with Gasteiger partial charge in [0.25, 0.3) is 0 Å². The van der Waals surface area contributed by atoms with E-state index in [2.05, 4.69) is 5.32 Å². The fraction of sp³-hybridized carbons (Fsp3) is 0.467. The molecule has 0 bridgehead atoms. The average molecular weight is 309 g/mol. The second kappa shape index (κ2) is 7.77. The minimum Gasteiger partial charge on any atom is -0.493 e. The lowest BCUT2D eigenvalue weighted by molar-refractivity contribution is -0.142. The van der Waals surface area contributed by atoms with Gasteiger partial charge in [0.05, 0.1) is 19.8 Å². The molecule has 1 aromatic carbocycles. The van der Waals surface area contributed by atoms with Crippen molar-refractivity contribution >= 4 is 11.9 Å². The number of hydrogen-bond donors (Lipinski definition) is 2. The maximum Gasteiger partial charge on any atom is 0.330 e. The van der Waals surface area contributed by atoms with Gasteiger partial charge in [0.15, 0.2) is 6.04 Å². The molecule has 0 saturated carbocycles. The quantitative estimate of drug-likeness (QED) is 0.680. The van der Waals surface area contributed by atoms with Crippen LogP contribution in [0.3, 0.4) is 0 Å². The van der Waals surface area contributed by atoms with Crippen LogP contribution in [-0.2, 0) is 25.5 Å². The third kappa shape index (κ3) is 4.19. The van der Waals surface area contributed by atoms with Crippen LogP contribution in [0.4, 0.5) is 0 Å². The molecule has 0 spiro atoms. The number of carbonyl (C=O) groups excluding carboxylic acids is 1. The predicted molar refractivity (Wildman–Crippen MR) is 76.9 cm³/mol. The van der Waals surface area contributed by atoms with Crippen LogP contribution in [0.25, 0.3) is 0 Å². The summed E-state index contributed by atoms with van der Waals surface area (Å²) in [5, 5.41) is 11.8. The Balaban J connectivity index is 1.98. The minimum absolute atomic E-state index is 0.207. The predicted octanol–water partition coefficient (Wildman–Crippen LogP) is 0.526. The zero-order valence-corrected chi connectivity index (χ0v) is 12.3. The number of fused-ring (bicyclic) bond motifs is 1. The minimum atomic E-state index is -1.12. The van der Waals surface area contributed by atoms with Gasteiger partial charge in [-0.05, 0) is 23.3 Å². The Labute approximate surface area is 128 Å². The van der Waals surface area contributed by atoms with Crippen molar-refractivity contribution in [3.8, 4) is 5.75 Å². The lowest BCUT2D eigenvalue weighted by Gasteiger charge is -2.16. The summed E-state index contributed by atoms with van der Waals surface area (Å²) in [4.78, 5) is 23.2. The molecule has 1 heterocycles. The van der Waals surface area contributed by atoms with Gasteiger partial charge in [-0.25, -0.2) is 4.79 Å². The van der Waals surface area contributed by atoms with Crippen LogP contribution in [-0.4, -0.2) is 50.5 Å². The Morgan fingerprint density at radius 3 is 2.95 bits per heavy atom. The van der Waals surface area contributed by atoms with Crippen molar-refractivity contribution in [3.05, 3.63) is 29.3 Å². The van der Waals surface area contributed by atoms with Crippen LogP contribution in [0.1, 0.15) is 17.2 Å². The molecule has 2 rings (SSSR count). The molecule has 0 aliphatic carbocycles.